The number of benzene rings is 8. The topological polar surface area (TPSA) is 3.24 Å². The van der Waals surface area contributed by atoms with E-state index in [0.29, 0.717) is 0 Å². The Hall–Kier alpha value is -6.18. The molecule has 0 atom stereocenters. The van der Waals surface area contributed by atoms with Crippen LogP contribution < -0.4 is 4.90 Å². The summed E-state index contributed by atoms with van der Waals surface area (Å²) in [4.78, 5) is 2.42. The largest absolute Gasteiger partial charge is 0.310 e. The molecule has 0 N–H and O–H groups in total. The van der Waals surface area contributed by atoms with Gasteiger partial charge in [-0.05, 0) is 97.2 Å². The van der Waals surface area contributed by atoms with Gasteiger partial charge in [0.1, 0.15) is 0 Å². The van der Waals surface area contributed by atoms with Crippen LogP contribution >= 0.6 is 0 Å². The van der Waals surface area contributed by atoms with Gasteiger partial charge < -0.3 is 4.90 Å². The monoisotopic (exact) mass is 639 g/mol. The first-order valence-electron chi connectivity index (χ1n) is 17.4. The zero-order valence-corrected chi connectivity index (χ0v) is 28.3. The fourth-order valence-electron chi connectivity index (χ4n) is 8.01. The molecule has 50 heavy (non-hydrogen) atoms. The van der Waals surface area contributed by atoms with Crippen molar-refractivity contribution in [2.45, 2.75) is 19.3 Å². The SMILES string of the molecule is CC1(C)c2ccccc2-c2c(-c3cc(-c4cccc5ccccc45)ccc3N(c3ccccc3)c3ccc(-c4ccccc4)cc3)cccc21. The van der Waals surface area contributed by atoms with Gasteiger partial charge in [-0.1, -0.05) is 166 Å². The molecule has 1 aliphatic carbocycles. The van der Waals surface area contributed by atoms with Crippen molar-refractivity contribution in [3.63, 3.8) is 0 Å². The second kappa shape index (κ2) is 12.1. The van der Waals surface area contributed by atoms with Gasteiger partial charge in [0.15, 0.2) is 0 Å². The molecule has 0 spiro atoms. The van der Waals surface area contributed by atoms with E-state index in [2.05, 4.69) is 207 Å². The molecule has 0 radical (unpaired) electrons. The van der Waals surface area contributed by atoms with Gasteiger partial charge in [-0.25, -0.2) is 0 Å². The maximum atomic E-state index is 2.43. The maximum Gasteiger partial charge on any atom is 0.0540 e. The van der Waals surface area contributed by atoms with Crippen LogP contribution in [0, 0.1) is 0 Å². The Bertz CT molecular complexity index is 2490. The second-order valence-electron chi connectivity index (χ2n) is 13.7. The summed E-state index contributed by atoms with van der Waals surface area (Å²) < 4.78 is 0. The van der Waals surface area contributed by atoms with Crippen LogP contribution in [0.15, 0.2) is 188 Å². The smallest absolute Gasteiger partial charge is 0.0540 e. The lowest BCUT2D eigenvalue weighted by Gasteiger charge is -2.29. The molecule has 0 saturated heterocycles. The fourth-order valence-corrected chi connectivity index (χ4v) is 8.01. The van der Waals surface area contributed by atoms with Crippen molar-refractivity contribution in [1.82, 2.24) is 0 Å². The average molecular weight is 640 g/mol. The van der Waals surface area contributed by atoms with E-state index in [1.165, 1.54) is 66.4 Å². The third-order valence-corrected chi connectivity index (χ3v) is 10.5. The molecule has 1 aliphatic rings. The van der Waals surface area contributed by atoms with Crippen molar-refractivity contribution in [3.8, 4) is 44.5 Å². The molecule has 0 aliphatic heterocycles. The zero-order chi connectivity index (χ0) is 33.7. The number of hydrogen-bond acceptors (Lipinski definition) is 1. The number of anilines is 3. The van der Waals surface area contributed by atoms with Crippen molar-refractivity contribution in [2.24, 2.45) is 0 Å². The summed E-state index contributed by atoms with van der Waals surface area (Å²) in [5.41, 5.74) is 16.0. The summed E-state index contributed by atoms with van der Waals surface area (Å²) in [6.07, 6.45) is 0. The van der Waals surface area contributed by atoms with Gasteiger partial charge in [0.2, 0.25) is 0 Å². The zero-order valence-electron chi connectivity index (χ0n) is 28.3. The first-order valence-corrected chi connectivity index (χ1v) is 17.4. The summed E-state index contributed by atoms with van der Waals surface area (Å²) in [5.74, 6) is 0. The van der Waals surface area contributed by atoms with Crippen LogP contribution in [-0.4, -0.2) is 0 Å². The van der Waals surface area contributed by atoms with Crippen LogP contribution in [0.2, 0.25) is 0 Å². The molecule has 0 heterocycles. The number of hydrogen-bond donors (Lipinski definition) is 0. The maximum absolute atomic E-state index is 2.43. The van der Waals surface area contributed by atoms with Gasteiger partial charge in [0, 0.05) is 22.4 Å². The summed E-state index contributed by atoms with van der Waals surface area (Å²) in [6, 6.07) is 68.6. The highest BCUT2D eigenvalue weighted by molar-refractivity contribution is 6.02. The van der Waals surface area contributed by atoms with Crippen LogP contribution in [0.5, 0.6) is 0 Å². The minimum absolute atomic E-state index is 0.0955. The minimum atomic E-state index is -0.0955. The normalized spacial score (nSPS) is 12.8. The Morgan fingerprint density at radius 3 is 1.76 bits per heavy atom. The van der Waals surface area contributed by atoms with Crippen molar-refractivity contribution < 1.29 is 0 Å². The van der Waals surface area contributed by atoms with Gasteiger partial charge in [-0.2, -0.15) is 0 Å². The summed E-state index contributed by atoms with van der Waals surface area (Å²) in [5, 5.41) is 2.51. The quantitative estimate of drug-likeness (QED) is 0.175. The molecule has 1 heteroatoms. The van der Waals surface area contributed by atoms with E-state index in [9.17, 15) is 0 Å². The Morgan fingerprint density at radius 1 is 0.380 bits per heavy atom. The van der Waals surface area contributed by atoms with Gasteiger partial charge in [0.25, 0.3) is 0 Å². The van der Waals surface area contributed by atoms with Gasteiger partial charge >= 0.3 is 0 Å². The van der Waals surface area contributed by atoms with E-state index in [0.717, 1.165) is 17.1 Å². The van der Waals surface area contributed by atoms with Crippen LogP contribution in [0.4, 0.5) is 17.1 Å². The lowest BCUT2D eigenvalue weighted by atomic mass is 9.82. The van der Waals surface area contributed by atoms with Crippen LogP contribution in [0.3, 0.4) is 0 Å². The predicted molar refractivity (Wildman–Crippen MR) is 213 cm³/mol. The Balaban J connectivity index is 1.31. The summed E-state index contributed by atoms with van der Waals surface area (Å²) >= 11 is 0. The van der Waals surface area contributed by atoms with E-state index in [1.807, 2.05) is 0 Å². The van der Waals surface area contributed by atoms with Crippen molar-refractivity contribution >= 4 is 27.8 Å². The van der Waals surface area contributed by atoms with Gasteiger partial charge in [-0.3, -0.25) is 0 Å². The molecular weight excluding hydrogens is 603 g/mol. The lowest BCUT2D eigenvalue weighted by Crippen LogP contribution is -2.15. The van der Waals surface area contributed by atoms with E-state index in [4.69, 9.17) is 0 Å². The first-order chi connectivity index (χ1) is 24.6. The van der Waals surface area contributed by atoms with E-state index >= 15 is 0 Å². The van der Waals surface area contributed by atoms with Crippen LogP contribution in [0.1, 0.15) is 25.0 Å². The van der Waals surface area contributed by atoms with Gasteiger partial charge in [-0.15, -0.1) is 0 Å². The van der Waals surface area contributed by atoms with Crippen LogP contribution in [0.25, 0.3) is 55.3 Å². The number of nitrogens with zero attached hydrogens (tertiary/aromatic N) is 1. The van der Waals surface area contributed by atoms with E-state index in [1.54, 1.807) is 0 Å². The summed E-state index contributed by atoms with van der Waals surface area (Å²) in [6.45, 7) is 4.72. The number of fused-ring (bicyclic) bond motifs is 4. The molecule has 1 nitrogen and oxygen atoms in total. The highest BCUT2D eigenvalue weighted by atomic mass is 15.1. The molecule has 238 valence electrons. The number of rotatable bonds is 6. The third kappa shape index (κ3) is 4.94. The molecule has 0 fully saturated rings. The van der Waals surface area contributed by atoms with Crippen molar-refractivity contribution in [1.29, 1.82) is 0 Å². The Kier molecular flexibility index (Phi) is 7.21. The Labute approximate surface area is 294 Å². The molecule has 0 saturated carbocycles. The molecule has 0 amide bonds. The van der Waals surface area contributed by atoms with E-state index < -0.39 is 0 Å². The van der Waals surface area contributed by atoms with E-state index in [-0.39, 0.29) is 5.41 Å². The van der Waals surface area contributed by atoms with Gasteiger partial charge in [0.05, 0.1) is 5.69 Å². The Morgan fingerprint density at radius 2 is 0.940 bits per heavy atom. The molecule has 9 rings (SSSR count). The molecule has 8 aromatic carbocycles. The first kappa shape index (κ1) is 29.9. The number of para-hydroxylation sites is 1. The molecule has 0 bridgehead atoms. The molecular formula is C49H37N. The second-order valence-corrected chi connectivity index (χ2v) is 13.7. The standard InChI is InChI=1S/C49H37N/c1-49(2)45-25-12-11-22-43(45)48-42(24-14-26-46(48)49)44-33-37(41-23-13-18-36-17-9-10-21-40(36)41)29-32-47(44)50(38-19-7-4-8-20-38)39-30-27-35(28-31-39)34-15-5-3-6-16-34/h3-33H,1-2H3. The summed E-state index contributed by atoms with van der Waals surface area (Å²) in [7, 11) is 0. The highest BCUT2D eigenvalue weighted by Crippen LogP contribution is 2.54. The molecule has 0 aromatic heterocycles. The lowest BCUT2D eigenvalue weighted by molar-refractivity contribution is 0.660. The fraction of sp³-hybridized carbons (Fsp3) is 0.0612. The third-order valence-electron chi connectivity index (χ3n) is 10.5. The molecule has 0 unspecified atom stereocenters. The van der Waals surface area contributed by atoms with Crippen LogP contribution in [-0.2, 0) is 5.41 Å². The predicted octanol–water partition coefficient (Wildman–Crippen LogP) is 13.6. The molecule has 8 aromatic rings. The highest BCUT2D eigenvalue weighted by Gasteiger charge is 2.37. The van der Waals surface area contributed by atoms with Crippen molar-refractivity contribution in [3.05, 3.63) is 199 Å². The minimum Gasteiger partial charge on any atom is -0.310 e. The average Bonchev–Trinajstić information content (AvgIpc) is 3.42. The van der Waals surface area contributed by atoms with Crippen molar-refractivity contribution in [2.75, 3.05) is 4.90 Å².